The van der Waals surface area contributed by atoms with Crippen LogP contribution in [0.25, 0.3) is 0 Å². The molecule has 0 fully saturated rings. The Morgan fingerprint density at radius 2 is 1.00 bits per heavy atom. The van der Waals surface area contributed by atoms with Crippen LogP contribution in [0, 0.1) is 0 Å². The molecule has 0 spiro atoms. The maximum Gasteiger partial charge on any atom is 0.316 e. The fourth-order valence-electron chi connectivity index (χ4n) is 0. The van der Waals surface area contributed by atoms with Gasteiger partial charge in [-0.05, 0) is 0 Å². The third-order valence-corrected chi connectivity index (χ3v) is 0. The molecule has 0 aliphatic heterocycles. The first-order valence-electron chi connectivity index (χ1n) is 0. The predicted molar refractivity (Wildman–Crippen MR) is 28.4 cm³/mol. The standard InChI is InChI=1S/Al.Bi.Mg.Zn.8H. The third kappa shape index (κ3) is 8.84. The average Bonchev–Trinajstić information content (AvgIpc) is 0. The minimum absolute atomic E-state index is 0. The van der Waals surface area contributed by atoms with E-state index in [0.717, 1.165) is 0 Å². The average molecular weight is 334 g/mol. The molecule has 0 radical (unpaired) electrons. The quantitative estimate of drug-likeness (QED) is 0.408. The van der Waals surface area contributed by atoms with Crippen molar-refractivity contribution in [2.45, 2.75) is 0 Å². The molecule has 0 N–H and O–H groups in total. The Morgan fingerprint density at radius 3 is 1.00 bits per heavy atom. The van der Waals surface area contributed by atoms with E-state index in [4.69, 9.17) is 0 Å². The van der Waals surface area contributed by atoms with E-state index in [0.29, 0.717) is 0 Å². The molecular weight excluding hydrogens is 326 g/mol. The van der Waals surface area contributed by atoms with E-state index in [1.54, 1.807) is 0 Å². The van der Waals surface area contributed by atoms with E-state index in [1.807, 2.05) is 0 Å². The summed E-state index contributed by atoms with van der Waals surface area (Å²) in [6.45, 7) is 0. The molecule has 0 aromatic carbocycles. The van der Waals surface area contributed by atoms with Crippen molar-refractivity contribution in [1.82, 2.24) is 0 Å². The van der Waals surface area contributed by atoms with E-state index >= 15 is 0 Å². The Kier molecular flexibility index (Phi) is 124. The van der Waals surface area contributed by atoms with Gasteiger partial charge >= 0.3 is 49.3 Å². The number of hydrogen-bond acceptors (Lipinski definition) is 0. The van der Waals surface area contributed by atoms with Gasteiger partial charge in [-0.2, -0.15) is 0 Å². The molecule has 0 aromatic rings. The molecule has 0 aliphatic carbocycles. The van der Waals surface area contributed by atoms with Crippen molar-refractivity contribution in [3.8, 4) is 0 Å². The molecule has 0 saturated heterocycles. The molecule has 20 valence electrons. The van der Waals surface area contributed by atoms with Crippen molar-refractivity contribution in [2.24, 2.45) is 0 Å². The van der Waals surface area contributed by atoms with Crippen molar-refractivity contribution in [3.63, 3.8) is 0 Å². The molecule has 0 aliphatic rings. The molecule has 4 heavy (non-hydrogen) atoms. The molecule has 0 unspecified atom stereocenters. The molecule has 4 heteroatoms. The number of hydrogen-bond donors (Lipinski definition) is 0. The van der Waals surface area contributed by atoms with Crippen molar-refractivity contribution < 1.29 is 19.5 Å². The van der Waals surface area contributed by atoms with Crippen molar-refractivity contribution in [1.29, 1.82) is 0 Å². The SMILES string of the molecule is [AlH3].[BiH3].[MgH2].[Zn]. The van der Waals surface area contributed by atoms with Gasteiger partial charge in [0.1, 0.15) is 0 Å². The van der Waals surface area contributed by atoms with Crippen LogP contribution in [0.15, 0.2) is 0 Å². The van der Waals surface area contributed by atoms with Gasteiger partial charge in [-0.25, -0.2) is 0 Å². The zero-order valence-corrected chi connectivity index (χ0v) is 9.88. The minimum Gasteiger partial charge on any atom is 0 e. The Bertz CT molecular complexity index is 8.00. The van der Waals surface area contributed by atoms with E-state index in [2.05, 4.69) is 0 Å². The summed E-state index contributed by atoms with van der Waals surface area (Å²) in [7, 11) is 0. The van der Waals surface area contributed by atoms with Gasteiger partial charge in [-0.3, -0.25) is 0 Å². The maximum absolute atomic E-state index is 0. The second-order valence-corrected chi connectivity index (χ2v) is 0. The van der Waals surface area contributed by atoms with Gasteiger partial charge in [0.15, 0.2) is 17.4 Å². The van der Waals surface area contributed by atoms with Crippen LogP contribution in [0.4, 0.5) is 0 Å². The van der Waals surface area contributed by atoms with Crippen LogP contribution in [0.3, 0.4) is 0 Å². The summed E-state index contributed by atoms with van der Waals surface area (Å²) in [5.74, 6) is 0. The van der Waals surface area contributed by atoms with E-state index in [-0.39, 0.29) is 86.1 Å². The minimum atomic E-state index is 0. The van der Waals surface area contributed by atoms with Crippen LogP contribution in [0.2, 0.25) is 0 Å². The molecule has 0 atom stereocenters. The predicted octanol–water partition coefficient (Wildman–Crippen LogP) is -3.29. The largest absolute Gasteiger partial charge is 0.316 e. The van der Waals surface area contributed by atoms with Gasteiger partial charge in [0.05, 0.1) is 0 Å². The third-order valence-electron chi connectivity index (χ3n) is 0. The molecule has 0 amide bonds. The summed E-state index contributed by atoms with van der Waals surface area (Å²) < 4.78 is 0. The summed E-state index contributed by atoms with van der Waals surface area (Å²) in [6, 6.07) is 0. The first kappa shape index (κ1) is 29.1. The van der Waals surface area contributed by atoms with Crippen LogP contribution in [-0.2, 0) is 19.5 Å². The monoisotopic (exact) mass is 332 g/mol. The Labute approximate surface area is 84.6 Å². The van der Waals surface area contributed by atoms with Crippen LogP contribution in [0.1, 0.15) is 0 Å². The summed E-state index contributed by atoms with van der Waals surface area (Å²) in [4.78, 5) is 0. The molecule has 0 rings (SSSR count). The van der Waals surface area contributed by atoms with Crippen LogP contribution in [-0.4, -0.2) is 66.6 Å². The smallest absolute Gasteiger partial charge is 0 e. The molecule has 0 aromatic heterocycles. The molecule has 0 nitrogen and oxygen atoms in total. The second kappa shape index (κ2) is 17.0. The van der Waals surface area contributed by atoms with Gasteiger partial charge in [0.25, 0.3) is 0 Å². The van der Waals surface area contributed by atoms with Crippen LogP contribution in [0.5, 0.6) is 0 Å². The number of rotatable bonds is 0. The Morgan fingerprint density at radius 1 is 1.00 bits per heavy atom. The molecule has 0 bridgehead atoms. The van der Waals surface area contributed by atoms with Crippen LogP contribution >= 0.6 is 0 Å². The summed E-state index contributed by atoms with van der Waals surface area (Å²) in [6.07, 6.45) is 0. The fraction of sp³-hybridized carbons (Fsp3) is 0. The molecular formula is H8AlBiMgZn. The van der Waals surface area contributed by atoms with Crippen molar-refractivity contribution in [2.75, 3.05) is 0 Å². The van der Waals surface area contributed by atoms with Gasteiger partial charge in [-0.1, -0.05) is 0 Å². The van der Waals surface area contributed by atoms with Gasteiger partial charge in [0.2, 0.25) is 0 Å². The van der Waals surface area contributed by atoms with Gasteiger partial charge in [-0.15, -0.1) is 0 Å². The fourth-order valence-corrected chi connectivity index (χ4v) is 0. The van der Waals surface area contributed by atoms with E-state index < -0.39 is 0 Å². The molecule has 0 heterocycles. The summed E-state index contributed by atoms with van der Waals surface area (Å²) >= 11 is 0. The second-order valence-electron chi connectivity index (χ2n) is 0. The molecule has 0 saturated carbocycles. The van der Waals surface area contributed by atoms with E-state index in [1.165, 1.54) is 0 Å². The van der Waals surface area contributed by atoms with Crippen molar-refractivity contribution in [3.05, 3.63) is 0 Å². The summed E-state index contributed by atoms with van der Waals surface area (Å²) in [5.41, 5.74) is 0. The topological polar surface area (TPSA) is 0 Å². The normalized spacial score (nSPS) is 0. The first-order valence-corrected chi connectivity index (χ1v) is 0. The Balaban J connectivity index is 0. The van der Waals surface area contributed by atoms with Crippen molar-refractivity contribution >= 4 is 66.6 Å². The van der Waals surface area contributed by atoms with E-state index in [9.17, 15) is 0 Å². The van der Waals surface area contributed by atoms with Crippen LogP contribution < -0.4 is 0 Å². The van der Waals surface area contributed by atoms with Gasteiger partial charge in [0, 0.05) is 19.5 Å². The maximum atomic E-state index is 0. The Hall–Kier alpha value is 2.81. The zero-order chi connectivity index (χ0) is 0. The summed E-state index contributed by atoms with van der Waals surface area (Å²) in [5, 5.41) is 0. The zero-order valence-electron chi connectivity index (χ0n) is 1.41. The van der Waals surface area contributed by atoms with Gasteiger partial charge < -0.3 is 0 Å². The first-order chi connectivity index (χ1) is 0.